The average Bonchev–Trinajstić information content (AvgIpc) is 2.83. The molecule has 0 aliphatic heterocycles. The fraction of sp³-hybridized carbons (Fsp3) is 0.333. The molecule has 2 heterocycles. The summed E-state index contributed by atoms with van der Waals surface area (Å²) in [5.74, 6) is -4.42. The van der Waals surface area contributed by atoms with Crippen molar-refractivity contribution < 1.29 is 53.4 Å². The number of ether oxygens (including phenoxy) is 1. The Morgan fingerprint density at radius 3 is 2.22 bits per heavy atom. The Morgan fingerprint density at radius 2 is 1.66 bits per heavy atom. The third kappa shape index (κ3) is 6.77. The molecular weight excluding hydrogens is 582 g/mol. The maximum atomic E-state index is 15.3. The summed E-state index contributed by atoms with van der Waals surface area (Å²) in [7, 11) is 0. The van der Waals surface area contributed by atoms with Crippen LogP contribution in [0.25, 0.3) is 11.4 Å². The first-order valence-electron chi connectivity index (χ1n) is 11.5. The first-order chi connectivity index (χ1) is 18.9. The lowest BCUT2D eigenvalue weighted by atomic mass is 9.81. The molecule has 0 unspecified atom stereocenters. The van der Waals surface area contributed by atoms with Gasteiger partial charge in [0.2, 0.25) is 11.8 Å². The Kier molecular flexibility index (Phi) is 7.75. The van der Waals surface area contributed by atoms with E-state index < -0.39 is 88.2 Å². The fourth-order valence-electron chi connectivity index (χ4n) is 3.94. The number of alkyl halides is 9. The van der Waals surface area contributed by atoms with E-state index in [2.05, 4.69) is 15.3 Å². The van der Waals surface area contributed by atoms with Gasteiger partial charge in [-0.1, -0.05) is 6.07 Å². The number of aromatic nitrogens is 3. The van der Waals surface area contributed by atoms with Crippen molar-refractivity contribution in [2.45, 2.75) is 44.0 Å². The molecular formula is C24H16F10N4O3. The second-order valence-corrected chi connectivity index (χ2v) is 8.94. The highest BCUT2D eigenvalue weighted by Gasteiger charge is 2.40. The van der Waals surface area contributed by atoms with E-state index in [-0.39, 0.29) is 24.8 Å². The molecule has 0 spiro atoms. The van der Waals surface area contributed by atoms with Crippen LogP contribution in [0.3, 0.4) is 0 Å². The molecule has 2 aromatic heterocycles. The average molecular weight is 598 g/mol. The number of halogens is 10. The molecule has 41 heavy (non-hydrogen) atoms. The van der Waals surface area contributed by atoms with Crippen LogP contribution in [-0.2, 0) is 29.9 Å². The molecule has 220 valence electrons. The molecule has 3 aromatic rings. The Morgan fingerprint density at radius 1 is 0.976 bits per heavy atom. The van der Waals surface area contributed by atoms with Gasteiger partial charge in [-0.15, -0.1) is 0 Å². The van der Waals surface area contributed by atoms with E-state index in [0.29, 0.717) is 18.3 Å². The molecule has 1 saturated carbocycles. The third-order valence-corrected chi connectivity index (χ3v) is 6.07. The molecule has 1 amide bonds. The van der Waals surface area contributed by atoms with Gasteiger partial charge in [0.15, 0.2) is 5.69 Å². The number of rotatable bonds is 6. The fourth-order valence-corrected chi connectivity index (χ4v) is 3.94. The Balaban J connectivity index is 1.46. The lowest BCUT2D eigenvalue weighted by Crippen LogP contribution is -2.43. The second kappa shape index (κ2) is 10.7. The number of benzene rings is 1. The topological polar surface area (TPSA) is 97.0 Å². The van der Waals surface area contributed by atoms with Gasteiger partial charge in [0, 0.05) is 36.4 Å². The van der Waals surface area contributed by atoms with Crippen LogP contribution in [0.15, 0.2) is 41.3 Å². The molecule has 7 nitrogen and oxygen atoms in total. The van der Waals surface area contributed by atoms with E-state index in [1.807, 2.05) is 0 Å². The van der Waals surface area contributed by atoms with Gasteiger partial charge in [0.1, 0.15) is 17.7 Å². The molecule has 1 aliphatic carbocycles. The number of nitrogens with zero attached hydrogens (tertiary/aromatic N) is 2. The van der Waals surface area contributed by atoms with Gasteiger partial charge in [-0.3, -0.25) is 9.59 Å². The Hall–Kier alpha value is -4.18. The lowest BCUT2D eigenvalue weighted by molar-refractivity contribution is -0.141. The molecule has 17 heteroatoms. The van der Waals surface area contributed by atoms with Gasteiger partial charge in [-0.25, -0.2) is 14.4 Å². The molecule has 0 bridgehead atoms. The highest BCUT2D eigenvalue weighted by molar-refractivity contribution is 5.79. The van der Waals surface area contributed by atoms with Gasteiger partial charge < -0.3 is 15.0 Å². The molecule has 2 N–H and O–H groups in total. The van der Waals surface area contributed by atoms with E-state index in [1.54, 1.807) is 4.98 Å². The number of nitrogens with one attached hydrogen (secondary N) is 2. The van der Waals surface area contributed by atoms with Crippen molar-refractivity contribution in [3.63, 3.8) is 0 Å². The van der Waals surface area contributed by atoms with Crippen LogP contribution >= 0.6 is 0 Å². The van der Waals surface area contributed by atoms with Crippen LogP contribution < -0.4 is 15.6 Å². The largest absolute Gasteiger partial charge is 0.474 e. The monoisotopic (exact) mass is 598 g/mol. The number of H-pyrrole nitrogens is 1. The number of carbonyl (C=O) groups excluding carboxylic acids is 1. The van der Waals surface area contributed by atoms with Crippen molar-refractivity contribution >= 4 is 5.91 Å². The minimum Gasteiger partial charge on any atom is -0.474 e. The van der Waals surface area contributed by atoms with E-state index in [9.17, 15) is 49.1 Å². The molecule has 1 aliphatic rings. The second-order valence-electron chi connectivity index (χ2n) is 8.94. The van der Waals surface area contributed by atoms with Gasteiger partial charge in [-0.2, -0.15) is 39.5 Å². The molecule has 4 rings (SSSR count). The molecule has 0 atom stereocenters. The molecule has 1 fully saturated rings. The van der Waals surface area contributed by atoms with E-state index in [0.717, 1.165) is 12.1 Å². The lowest BCUT2D eigenvalue weighted by Gasteiger charge is -2.34. The van der Waals surface area contributed by atoms with Gasteiger partial charge in [0.25, 0.3) is 5.56 Å². The number of pyridine rings is 1. The van der Waals surface area contributed by atoms with E-state index in [4.69, 9.17) is 4.74 Å². The van der Waals surface area contributed by atoms with Crippen molar-refractivity contribution in [2.75, 3.05) is 0 Å². The summed E-state index contributed by atoms with van der Waals surface area (Å²) in [6.45, 7) is -0.665. The summed E-state index contributed by atoms with van der Waals surface area (Å²) in [6, 6.07) is 2.83. The first-order valence-corrected chi connectivity index (χ1v) is 11.5. The maximum Gasteiger partial charge on any atom is 0.433 e. The van der Waals surface area contributed by atoms with Gasteiger partial charge >= 0.3 is 18.5 Å². The normalized spacial score (nSPS) is 17.6. The first kappa shape index (κ1) is 29.8. The molecule has 0 radical (unpaired) electrons. The predicted molar refractivity (Wildman–Crippen MR) is 118 cm³/mol. The maximum absolute atomic E-state index is 15.3. The van der Waals surface area contributed by atoms with Crippen molar-refractivity contribution in [3.05, 3.63) is 75.1 Å². The highest BCUT2D eigenvalue weighted by Crippen LogP contribution is 2.39. The minimum absolute atomic E-state index is 0.00195. The van der Waals surface area contributed by atoms with Crippen LogP contribution in [0, 0.1) is 11.7 Å². The van der Waals surface area contributed by atoms with E-state index >= 15 is 4.39 Å². The van der Waals surface area contributed by atoms with E-state index in [1.165, 1.54) is 0 Å². The highest BCUT2D eigenvalue weighted by atomic mass is 19.4. The number of hydrogen-bond acceptors (Lipinski definition) is 5. The van der Waals surface area contributed by atoms with Crippen molar-refractivity contribution in [2.24, 2.45) is 5.92 Å². The summed E-state index contributed by atoms with van der Waals surface area (Å²) in [6.07, 6.45) is -14.8. The summed E-state index contributed by atoms with van der Waals surface area (Å²) < 4.78 is 138. The van der Waals surface area contributed by atoms with Gasteiger partial charge in [-0.05, 0) is 25.0 Å². The quantitative estimate of drug-likeness (QED) is 0.366. The van der Waals surface area contributed by atoms with Gasteiger partial charge in [0.05, 0.1) is 16.7 Å². The number of hydrogen-bond donors (Lipinski definition) is 2. The zero-order valence-electron chi connectivity index (χ0n) is 20.1. The summed E-state index contributed by atoms with van der Waals surface area (Å²) >= 11 is 0. The van der Waals surface area contributed by atoms with Crippen molar-refractivity contribution in [1.82, 2.24) is 20.3 Å². The summed E-state index contributed by atoms with van der Waals surface area (Å²) in [4.78, 5) is 32.4. The smallest absolute Gasteiger partial charge is 0.433 e. The van der Waals surface area contributed by atoms with Crippen molar-refractivity contribution in [3.8, 4) is 17.3 Å². The minimum atomic E-state index is -5.24. The zero-order valence-corrected chi connectivity index (χ0v) is 20.1. The zero-order chi connectivity index (χ0) is 30.3. The Bertz CT molecular complexity index is 1490. The Labute approximate surface area is 222 Å². The molecule has 0 saturated heterocycles. The number of amides is 1. The third-order valence-electron chi connectivity index (χ3n) is 6.07. The SMILES string of the molecule is O=c1cc(C(F)(F)F)nc(-c2c(C(F)(F)F)ccc(CNC(=O)[C@H]3C[C@H](Oc4ccc(C(F)(F)F)cn4)C3)c2F)[nH]1. The molecule has 1 aromatic carbocycles. The summed E-state index contributed by atoms with van der Waals surface area (Å²) in [5, 5.41) is 2.31. The van der Waals surface area contributed by atoms with Crippen LogP contribution in [0.2, 0.25) is 0 Å². The standard InChI is InChI=1S/C24H16F10N4O3/c25-19-10(1-3-14(23(29,30)31)18(19)20-37-15(24(32,33)34)7-16(39)38-20)8-36-21(40)11-5-13(6-11)41-17-4-2-12(9-35-17)22(26,27)28/h1-4,7,9,11,13H,5-6,8H2,(H,36,40)(H,37,38,39)/t11-,13-. The number of aromatic amines is 1. The van der Waals surface area contributed by atoms with Crippen LogP contribution in [0.5, 0.6) is 5.88 Å². The number of carbonyl (C=O) groups is 1. The van der Waals surface area contributed by atoms with Crippen LogP contribution in [-0.4, -0.2) is 27.0 Å². The predicted octanol–water partition coefficient (Wildman–Crippen LogP) is 5.50. The summed E-state index contributed by atoms with van der Waals surface area (Å²) in [5.41, 5.74) is -7.97. The van der Waals surface area contributed by atoms with Crippen molar-refractivity contribution in [1.29, 1.82) is 0 Å². The van der Waals surface area contributed by atoms with Crippen LogP contribution in [0.4, 0.5) is 43.9 Å². The van der Waals surface area contributed by atoms with Crippen LogP contribution in [0.1, 0.15) is 35.2 Å².